The average molecular weight is 148 g/mol. The van der Waals surface area contributed by atoms with Gasteiger partial charge in [0.2, 0.25) is 0 Å². The van der Waals surface area contributed by atoms with E-state index in [1.807, 2.05) is 6.92 Å². The highest BCUT2D eigenvalue weighted by molar-refractivity contribution is 8.03. The fourth-order valence-corrected chi connectivity index (χ4v) is 1.01. The van der Waals surface area contributed by atoms with Crippen molar-refractivity contribution < 1.29 is 10.2 Å². The molecule has 0 spiro atoms. The van der Waals surface area contributed by atoms with E-state index in [2.05, 4.69) is 0 Å². The minimum atomic E-state index is -0.521. The molecule has 1 atom stereocenters. The normalized spacial score (nSPS) is 15.7. The SMILES string of the molecule is CCC=C(O)SC(C)O. The number of thioether (sulfide) groups is 1. The van der Waals surface area contributed by atoms with Gasteiger partial charge in [0.05, 0.1) is 0 Å². The van der Waals surface area contributed by atoms with Crippen molar-refractivity contribution in [2.24, 2.45) is 0 Å². The van der Waals surface area contributed by atoms with E-state index in [4.69, 9.17) is 10.2 Å². The smallest absolute Gasteiger partial charge is 0.148 e. The summed E-state index contributed by atoms with van der Waals surface area (Å²) in [5.41, 5.74) is -0.521. The molecule has 54 valence electrons. The maximum absolute atomic E-state index is 8.88. The Hall–Kier alpha value is -0.150. The first-order valence-corrected chi connectivity index (χ1v) is 3.78. The van der Waals surface area contributed by atoms with Gasteiger partial charge in [-0.2, -0.15) is 0 Å². The number of aliphatic hydroxyl groups is 2. The van der Waals surface area contributed by atoms with Crippen molar-refractivity contribution in [2.75, 3.05) is 0 Å². The number of allylic oxidation sites excluding steroid dienone is 1. The Morgan fingerprint density at radius 1 is 1.78 bits per heavy atom. The quantitative estimate of drug-likeness (QED) is 0.474. The first-order chi connectivity index (χ1) is 4.16. The summed E-state index contributed by atoms with van der Waals surface area (Å²) < 4.78 is 0. The maximum Gasteiger partial charge on any atom is 0.148 e. The Morgan fingerprint density at radius 3 is 2.67 bits per heavy atom. The molecule has 0 fully saturated rings. The van der Waals surface area contributed by atoms with E-state index in [0.29, 0.717) is 0 Å². The summed E-state index contributed by atoms with van der Waals surface area (Å²) in [7, 11) is 0. The molecule has 9 heavy (non-hydrogen) atoms. The van der Waals surface area contributed by atoms with E-state index in [9.17, 15) is 0 Å². The van der Waals surface area contributed by atoms with Crippen molar-refractivity contribution in [1.29, 1.82) is 0 Å². The van der Waals surface area contributed by atoms with Crippen LogP contribution in [0.25, 0.3) is 0 Å². The molecule has 0 aromatic heterocycles. The average Bonchev–Trinajstić information content (AvgIpc) is 1.63. The number of aliphatic hydroxyl groups excluding tert-OH is 2. The number of hydrogen-bond acceptors (Lipinski definition) is 3. The van der Waals surface area contributed by atoms with Crippen molar-refractivity contribution in [1.82, 2.24) is 0 Å². The molecule has 0 aliphatic heterocycles. The Balaban J connectivity index is 3.49. The van der Waals surface area contributed by atoms with Gasteiger partial charge < -0.3 is 10.2 Å². The Kier molecular flexibility index (Phi) is 4.62. The Bertz CT molecular complexity index is 99.2. The van der Waals surface area contributed by atoms with Crippen molar-refractivity contribution in [3.63, 3.8) is 0 Å². The molecule has 0 aliphatic carbocycles. The molecule has 0 amide bonds. The molecule has 1 unspecified atom stereocenters. The van der Waals surface area contributed by atoms with E-state index < -0.39 is 5.44 Å². The van der Waals surface area contributed by atoms with Crippen LogP contribution in [0.2, 0.25) is 0 Å². The maximum atomic E-state index is 8.88. The molecule has 0 radical (unpaired) electrons. The summed E-state index contributed by atoms with van der Waals surface area (Å²) in [4.78, 5) is 0. The summed E-state index contributed by atoms with van der Waals surface area (Å²) in [6.45, 7) is 3.54. The van der Waals surface area contributed by atoms with Crippen LogP contribution >= 0.6 is 11.8 Å². The fraction of sp³-hybridized carbons (Fsp3) is 0.667. The molecule has 2 nitrogen and oxygen atoms in total. The van der Waals surface area contributed by atoms with Gasteiger partial charge in [-0.25, -0.2) is 0 Å². The highest BCUT2D eigenvalue weighted by Crippen LogP contribution is 2.16. The van der Waals surface area contributed by atoms with Crippen LogP contribution < -0.4 is 0 Å². The lowest BCUT2D eigenvalue weighted by Crippen LogP contribution is -1.91. The predicted molar refractivity (Wildman–Crippen MR) is 40.3 cm³/mol. The van der Waals surface area contributed by atoms with Crippen molar-refractivity contribution in [2.45, 2.75) is 25.7 Å². The summed E-state index contributed by atoms with van der Waals surface area (Å²) >= 11 is 1.05. The molecular formula is C6H12O2S. The van der Waals surface area contributed by atoms with E-state index in [-0.39, 0.29) is 5.09 Å². The first-order valence-electron chi connectivity index (χ1n) is 2.90. The highest BCUT2D eigenvalue weighted by Gasteiger charge is 1.97. The lowest BCUT2D eigenvalue weighted by Gasteiger charge is -2.00. The van der Waals surface area contributed by atoms with Crippen molar-refractivity contribution in [3.8, 4) is 0 Å². The largest absolute Gasteiger partial charge is 0.502 e. The molecule has 0 saturated heterocycles. The van der Waals surface area contributed by atoms with Gasteiger partial charge >= 0.3 is 0 Å². The van der Waals surface area contributed by atoms with Gasteiger partial charge in [0, 0.05) is 0 Å². The molecule has 0 heterocycles. The number of rotatable bonds is 3. The van der Waals surface area contributed by atoms with Gasteiger partial charge in [-0.3, -0.25) is 0 Å². The van der Waals surface area contributed by atoms with Crippen molar-refractivity contribution in [3.05, 3.63) is 11.2 Å². The van der Waals surface area contributed by atoms with Gasteiger partial charge in [0.25, 0.3) is 0 Å². The van der Waals surface area contributed by atoms with Crippen LogP contribution in [0.5, 0.6) is 0 Å². The molecule has 3 heteroatoms. The molecular weight excluding hydrogens is 136 g/mol. The second-order valence-electron chi connectivity index (χ2n) is 1.67. The van der Waals surface area contributed by atoms with Crippen LogP contribution in [0, 0.1) is 0 Å². The van der Waals surface area contributed by atoms with Gasteiger partial charge in [0.1, 0.15) is 10.5 Å². The summed E-state index contributed by atoms with van der Waals surface area (Å²) in [6, 6.07) is 0. The predicted octanol–water partition coefficient (Wildman–Crippen LogP) is 1.87. The fourth-order valence-electron chi connectivity index (χ4n) is 0.397. The Labute approximate surface area is 59.6 Å². The first kappa shape index (κ1) is 8.85. The zero-order chi connectivity index (χ0) is 7.28. The summed E-state index contributed by atoms with van der Waals surface area (Å²) in [6.07, 6.45) is 2.46. The lowest BCUT2D eigenvalue weighted by atomic mass is 10.5. The molecule has 0 aliphatic rings. The molecule has 0 aromatic rings. The van der Waals surface area contributed by atoms with E-state index in [1.54, 1.807) is 13.0 Å². The molecule has 0 rings (SSSR count). The molecule has 0 aromatic carbocycles. The minimum absolute atomic E-state index is 0.201. The minimum Gasteiger partial charge on any atom is -0.502 e. The second kappa shape index (κ2) is 4.70. The van der Waals surface area contributed by atoms with E-state index in [0.717, 1.165) is 18.2 Å². The van der Waals surface area contributed by atoms with Crippen molar-refractivity contribution >= 4 is 11.8 Å². The van der Waals surface area contributed by atoms with Gasteiger partial charge in [-0.15, -0.1) is 0 Å². The van der Waals surface area contributed by atoms with E-state index in [1.165, 1.54) is 0 Å². The van der Waals surface area contributed by atoms with Crippen LogP contribution in [0.3, 0.4) is 0 Å². The third-order valence-corrected chi connectivity index (χ3v) is 1.42. The molecule has 0 bridgehead atoms. The zero-order valence-electron chi connectivity index (χ0n) is 5.66. The summed E-state index contributed by atoms with van der Waals surface area (Å²) in [5, 5.41) is 17.8. The van der Waals surface area contributed by atoms with Crippen LogP contribution in [0.1, 0.15) is 20.3 Å². The molecule has 0 saturated carbocycles. The standard InChI is InChI=1S/C6H12O2S/c1-3-4-6(8)9-5(2)7/h4-5,7-8H,3H2,1-2H3. The van der Waals surface area contributed by atoms with Gasteiger partial charge in [-0.05, 0) is 19.4 Å². The third-order valence-electron chi connectivity index (χ3n) is 0.670. The lowest BCUT2D eigenvalue weighted by molar-refractivity contribution is 0.282. The van der Waals surface area contributed by atoms with Crippen LogP contribution in [0.4, 0.5) is 0 Å². The van der Waals surface area contributed by atoms with Crippen LogP contribution in [-0.2, 0) is 0 Å². The zero-order valence-corrected chi connectivity index (χ0v) is 6.48. The van der Waals surface area contributed by atoms with Gasteiger partial charge in [-0.1, -0.05) is 18.7 Å². The monoisotopic (exact) mass is 148 g/mol. The van der Waals surface area contributed by atoms with Gasteiger partial charge in [0.15, 0.2) is 0 Å². The third kappa shape index (κ3) is 5.73. The molecule has 2 N–H and O–H groups in total. The number of hydrogen-bond donors (Lipinski definition) is 2. The summed E-state index contributed by atoms with van der Waals surface area (Å²) in [5.74, 6) is 0. The second-order valence-corrected chi connectivity index (χ2v) is 3.00. The van der Waals surface area contributed by atoms with E-state index >= 15 is 0 Å². The topological polar surface area (TPSA) is 40.5 Å². The van der Waals surface area contributed by atoms with Crippen LogP contribution in [0.15, 0.2) is 11.2 Å². The highest BCUT2D eigenvalue weighted by atomic mass is 32.2. The van der Waals surface area contributed by atoms with Crippen LogP contribution in [-0.4, -0.2) is 15.6 Å². The Morgan fingerprint density at radius 2 is 2.33 bits per heavy atom.